The van der Waals surface area contributed by atoms with E-state index in [9.17, 15) is 5.26 Å². The third kappa shape index (κ3) is 1.86. The van der Waals surface area contributed by atoms with Crippen molar-refractivity contribution < 1.29 is 0 Å². The lowest BCUT2D eigenvalue weighted by molar-refractivity contribution is 0.782. The van der Waals surface area contributed by atoms with Crippen molar-refractivity contribution in [1.29, 1.82) is 5.26 Å². The number of nitriles is 1. The van der Waals surface area contributed by atoms with E-state index in [-0.39, 0.29) is 5.92 Å². The largest absolute Gasteiger partial charge is 0.337 e. The fourth-order valence-electron chi connectivity index (χ4n) is 1.63. The van der Waals surface area contributed by atoms with Crippen LogP contribution in [0.1, 0.15) is 17.3 Å². The van der Waals surface area contributed by atoms with Gasteiger partial charge >= 0.3 is 0 Å². The smallest absolute Gasteiger partial charge is 0.130 e. The first-order valence-electron chi connectivity index (χ1n) is 4.85. The summed E-state index contributed by atoms with van der Waals surface area (Å²) >= 11 is 3.46. The van der Waals surface area contributed by atoms with E-state index >= 15 is 0 Å². The first-order valence-corrected chi connectivity index (χ1v) is 5.64. The van der Waals surface area contributed by atoms with Crippen LogP contribution in [-0.2, 0) is 7.05 Å². The Bertz CT molecular complexity index is 539. The van der Waals surface area contributed by atoms with Gasteiger partial charge in [-0.15, -0.1) is 0 Å². The van der Waals surface area contributed by atoms with Crippen LogP contribution < -0.4 is 0 Å². The summed E-state index contributed by atoms with van der Waals surface area (Å²) in [5.41, 5.74) is 0.944. The minimum atomic E-state index is -0.337. The number of aryl methyl sites for hydroxylation is 1. The molecule has 0 amide bonds. The molecule has 0 bridgehead atoms. The highest BCUT2D eigenvalue weighted by molar-refractivity contribution is 9.10. The van der Waals surface area contributed by atoms with Gasteiger partial charge in [0, 0.05) is 23.9 Å². The van der Waals surface area contributed by atoms with Gasteiger partial charge in [-0.2, -0.15) is 5.26 Å². The van der Waals surface area contributed by atoms with E-state index in [4.69, 9.17) is 0 Å². The second-order valence-corrected chi connectivity index (χ2v) is 4.33. The predicted octanol–water partition coefficient (Wildman–Crippen LogP) is 2.84. The summed E-state index contributed by atoms with van der Waals surface area (Å²) < 4.78 is 2.80. The monoisotopic (exact) mass is 275 g/mol. The normalized spacial score (nSPS) is 12.1. The molecule has 0 aliphatic rings. The van der Waals surface area contributed by atoms with Crippen molar-refractivity contribution in [3.63, 3.8) is 0 Å². The molecule has 2 aromatic rings. The summed E-state index contributed by atoms with van der Waals surface area (Å²) in [4.78, 5) is 4.22. The van der Waals surface area contributed by atoms with Crippen molar-refractivity contribution in [3.05, 3.63) is 52.5 Å². The second kappa shape index (κ2) is 4.50. The summed E-state index contributed by atoms with van der Waals surface area (Å²) in [7, 11) is 1.89. The molecule has 16 heavy (non-hydrogen) atoms. The molecule has 0 fully saturated rings. The average Bonchev–Trinajstić information content (AvgIpc) is 2.69. The van der Waals surface area contributed by atoms with Gasteiger partial charge < -0.3 is 4.57 Å². The Labute approximate surface area is 102 Å². The Morgan fingerprint density at radius 2 is 2.19 bits per heavy atom. The number of aromatic nitrogens is 2. The summed E-state index contributed by atoms with van der Waals surface area (Å²) in [5, 5.41) is 9.28. The molecular formula is C12H10BrN3. The third-order valence-corrected chi connectivity index (χ3v) is 3.18. The zero-order chi connectivity index (χ0) is 11.5. The van der Waals surface area contributed by atoms with E-state index in [0.29, 0.717) is 0 Å². The van der Waals surface area contributed by atoms with Crippen LogP contribution in [0.15, 0.2) is 41.1 Å². The Morgan fingerprint density at radius 3 is 2.75 bits per heavy atom. The molecule has 0 aliphatic carbocycles. The Balaban J connectivity index is 2.50. The summed E-state index contributed by atoms with van der Waals surface area (Å²) in [6.07, 6.45) is 3.55. The van der Waals surface area contributed by atoms with E-state index in [1.165, 1.54) is 0 Å². The molecule has 1 atom stereocenters. The van der Waals surface area contributed by atoms with Crippen molar-refractivity contribution in [2.75, 3.05) is 0 Å². The summed E-state index contributed by atoms with van der Waals surface area (Å²) in [5.74, 6) is 0.421. The van der Waals surface area contributed by atoms with E-state index in [1.54, 1.807) is 6.20 Å². The van der Waals surface area contributed by atoms with Crippen LogP contribution in [0.2, 0.25) is 0 Å². The van der Waals surface area contributed by atoms with Gasteiger partial charge in [0.05, 0.1) is 6.07 Å². The lowest BCUT2D eigenvalue weighted by Gasteiger charge is -2.11. The van der Waals surface area contributed by atoms with Gasteiger partial charge in [-0.05, 0) is 11.6 Å². The van der Waals surface area contributed by atoms with E-state index in [0.717, 1.165) is 15.9 Å². The van der Waals surface area contributed by atoms with Crippen LogP contribution in [0.3, 0.4) is 0 Å². The van der Waals surface area contributed by atoms with Crippen molar-refractivity contribution in [2.45, 2.75) is 5.92 Å². The lowest BCUT2D eigenvalue weighted by atomic mass is 10.00. The van der Waals surface area contributed by atoms with Crippen LogP contribution in [0.5, 0.6) is 0 Å². The molecule has 0 saturated heterocycles. The number of hydrogen-bond donors (Lipinski definition) is 0. The minimum absolute atomic E-state index is 0.337. The van der Waals surface area contributed by atoms with Crippen molar-refractivity contribution in [2.24, 2.45) is 7.05 Å². The fourth-order valence-corrected chi connectivity index (χ4v) is 2.14. The molecule has 4 heteroatoms. The molecule has 1 unspecified atom stereocenters. The predicted molar refractivity (Wildman–Crippen MR) is 64.8 cm³/mol. The van der Waals surface area contributed by atoms with Gasteiger partial charge in [0.1, 0.15) is 11.7 Å². The molecule has 1 aromatic carbocycles. The highest BCUT2D eigenvalue weighted by Crippen LogP contribution is 2.28. The maximum Gasteiger partial charge on any atom is 0.130 e. The quantitative estimate of drug-likeness (QED) is 0.846. The fraction of sp³-hybridized carbons (Fsp3) is 0.167. The van der Waals surface area contributed by atoms with Gasteiger partial charge in [0.2, 0.25) is 0 Å². The number of hydrogen-bond acceptors (Lipinski definition) is 2. The van der Waals surface area contributed by atoms with Gasteiger partial charge in [-0.1, -0.05) is 34.1 Å². The van der Waals surface area contributed by atoms with Crippen LogP contribution >= 0.6 is 15.9 Å². The van der Waals surface area contributed by atoms with E-state index in [1.807, 2.05) is 42.1 Å². The molecule has 0 spiro atoms. The highest BCUT2D eigenvalue weighted by atomic mass is 79.9. The first kappa shape index (κ1) is 10.9. The second-order valence-electron chi connectivity index (χ2n) is 3.48. The molecule has 0 aliphatic heterocycles. The third-order valence-electron chi connectivity index (χ3n) is 2.46. The molecule has 0 saturated carbocycles. The Hall–Kier alpha value is -1.60. The van der Waals surface area contributed by atoms with Gasteiger partial charge in [0.25, 0.3) is 0 Å². The van der Waals surface area contributed by atoms with Crippen LogP contribution in [-0.4, -0.2) is 9.55 Å². The maximum atomic E-state index is 9.28. The number of halogens is 1. The average molecular weight is 276 g/mol. The molecule has 2 rings (SSSR count). The maximum absolute atomic E-state index is 9.28. The first-order chi connectivity index (χ1) is 7.74. The number of imidazole rings is 1. The molecule has 0 N–H and O–H groups in total. The van der Waals surface area contributed by atoms with Crippen LogP contribution in [0.25, 0.3) is 0 Å². The van der Waals surface area contributed by atoms with Crippen LogP contribution in [0.4, 0.5) is 0 Å². The molecular weight excluding hydrogens is 266 g/mol. The standard InChI is InChI=1S/C12H10BrN3/c1-16-7-6-15-12(16)10(8-14)9-4-2-3-5-11(9)13/h2-7,10H,1H3. The lowest BCUT2D eigenvalue weighted by Crippen LogP contribution is -2.06. The van der Waals surface area contributed by atoms with E-state index in [2.05, 4.69) is 27.0 Å². The highest BCUT2D eigenvalue weighted by Gasteiger charge is 2.19. The van der Waals surface area contributed by atoms with Crippen molar-refractivity contribution in [3.8, 4) is 6.07 Å². The van der Waals surface area contributed by atoms with Gasteiger partial charge in [0.15, 0.2) is 0 Å². The number of rotatable bonds is 2. The van der Waals surface area contributed by atoms with Crippen LogP contribution in [0, 0.1) is 11.3 Å². The number of benzene rings is 1. The molecule has 0 radical (unpaired) electrons. The zero-order valence-corrected chi connectivity index (χ0v) is 10.3. The molecule has 1 heterocycles. The number of nitrogens with zero attached hydrogens (tertiary/aromatic N) is 3. The van der Waals surface area contributed by atoms with Crippen molar-refractivity contribution in [1.82, 2.24) is 9.55 Å². The van der Waals surface area contributed by atoms with Gasteiger partial charge in [-0.25, -0.2) is 4.98 Å². The summed E-state index contributed by atoms with van der Waals surface area (Å²) in [6, 6.07) is 10.0. The zero-order valence-electron chi connectivity index (χ0n) is 8.76. The molecule has 3 nitrogen and oxygen atoms in total. The SMILES string of the molecule is Cn1ccnc1C(C#N)c1ccccc1Br. The van der Waals surface area contributed by atoms with Crippen molar-refractivity contribution >= 4 is 15.9 Å². The summed E-state index contributed by atoms with van der Waals surface area (Å²) in [6.45, 7) is 0. The molecule has 1 aromatic heterocycles. The topological polar surface area (TPSA) is 41.6 Å². The van der Waals surface area contributed by atoms with E-state index < -0.39 is 0 Å². The Kier molecular flexibility index (Phi) is 3.07. The van der Waals surface area contributed by atoms with Gasteiger partial charge in [-0.3, -0.25) is 0 Å². The minimum Gasteiger partial charge on any atom is -0.337 e. The molecule has 80 valence electrons. The Morgan fingerprint density at radius 1 is 1.44 bits per heavy atom.